The number of rotatable bonds is 7. The summed E-state index contributed by atoms with van der Waals surface area (Å²) in [6, 6.07) is 13.8. The van der Waals surface area contributed by atoms with Crippen molar-refractivity contribution in [3.05, 3.63) is 54.1 Å². The molecule has 1 aliphatic rings. The topological polar surface area (TPSA) is 75.7 Å². The molecule has 1 N–H and O–H groups in total. The van der Waals surface area contributed by atoms with Gasteiger partial charge in [0.2, 0.25) is 10.0 Å². The number of anilines is 1. The summed E-state index contributed by atoms with van der Waals surface area (Å²) in [5, 5.41) is 2.81. The molecule has 0 aromatic heterocycles. The average molecular weight is 403 g/mol. The Hall–Kier alpha value is -2.38. The lowest BCUT2D eigenvalue weighted by Gasteiger charge is -2.19. The van der Waals surface area contributed by atoms with Gasteiger partial charge in [0.05, 0.1) is 4.90 Å². The van der Waals surface area contributed by atoms with Gasteiger partial charge in [-0.25, -0.2) is 8.42 Å². The van der Waals surface area contributed by atoms with Crippen LogP contribution in [0.15, 0.2) is 53.4 Å². The third kappa shape index (κ3) is 4.54. The van der Waals surface area contributed by atoms with E-state index in [0.717, 1.165) is 18.4 Å². The molecular weight excluding hydrogens is 376 g/mol. The highest BCUT2D eigenvalue weighted by atomic mass is 32.2. The Labute approximate surface area is 166 Å². The van der Waals surface area contributed by atoms with Crippen LogP contribution in [0.3, 0.4) is 0 Å². The molecule has 0 unspecified atom stereocenters. The number of benzene rings is 2. The fourth-order valence-corrected chi connectivity index (χ4v) is 4.69. The smallest absolute Gasteiger partial charge is 0.265 e. The molecule has 0 saturated carbocycles. The number of hydrogen-bond acceptors (Lipinski definition) is 4. The Morgan fingerprint density at radius 2 is 1.75 bits per heavy atom. The normalized spacial score (nSPS) is 15.9. The molecule has 2 aromatic rings. The molecule has 7 heteroatoms. The largest absolute Gasteiger partial charge is 0.480 e. The van der Waals surface area contributed by atoms with E-state index < -0.39 is 16.1 Å². The Morgan fingerprint density at radius 3 is 2.36 bits per heavy atom. The van der Waals surface area contributed by atoms with Crippen LogP contribution in [0.1, 0.15) is 31.7 Å². The van der Waals surface area contributed by atoms with Gasteiger partial charge in [-0.3, -0.25) is 4.79 Å². The fourth-order valence-electron chi connectivity index (χ4n) is 3.17. The van der Waals surface area contributed by atoms with E-state index in [1.165, 1.54) is 16.4 Å². The van der Waals surface area contributed by atoms with E-state index in [1.807, 2.05) is 38.1 Å². The maximum Gasteiger partial charge on any atom is 0.265 e. The summed E-state index contributed by atoms with van der Waals surface area (Å²) in [7, 11) is -3.45. The van der Waals surface area contributed by atoms with E-state index >= 15 is 0 Å². The van der Waals surface area contributed by atoms with Gasteiger partial charge < -0.3 is 10.1 Å². The Morgan fingerprint density at radius 1 is 1.11 bits per heavy atom. The number of carbonyl (C=O) groups excluding carboxylic acids is 1. The van der Waals surface area contributed by atoms with Crippen LogP contribution in [0.2, 0.25) is 0 Å². The summed E-state index contributed by atoms with van der Waals surface area (Å²) < 4.78 is 32.5. The van der Waals surface area contributed by atoms with E-state index in [4.69, 9.17) is 4.74 Å². The van der Waals surface area contributed by atoms with Crippen molar-refractivity contribution in [3.8, 4) is 5.75 Å². The van der Waals surface area contributed by atoms with Crippen molar-refractivity contribution in [1.82, 2.24) is 4.31 Å². The molecule has 0 spiro atoms. The summed E-state index contributed by atoms with van der Waals surface area (Å²) in [6.45, 7) is 4.94. The molecule has 1 heterocycles. The monoisotopic (exact) mass is 402 g/mol. The van der Waals surface area contributed by atoms with Crippen LogP contribution in [-0.2, 0) is 14.8 Å². The standard InChI is InChI=1S/C21H26N2O4S/c1-3-19(27-20-9-5-4-8-16(20)2)21(24)22-17-10-12-18(13-11-17)28(25,26)23-14-6-7-15-23/h4-5,8-13,19H,3,6-7,14-15H2,1-2H3,(H,22,24)/t19-/m0/s1. The highest BCUT2D eigenvalue weighted by molar-refractivity contribution is 7.89. The maximum absolute atomic E-state index is 12.6. The second-order valence-corrected chi connectivity index (χ2v) is 8.84. The van der Waals surface area contributed by atoms with E-state index in [1.54, 1.807) is 12.1 Å². The molecular formula is C21H26N2O4S. The van der Waals surface area contributed by atoms with Crippen molar-refractivity contribution in [2.75, 3.05) is 18.4 Å². The van der Waals surface area contributed by atoms with Crippen LogP contribution < -0.4 is 10.1 Å². The molecule has 2 aromatic carbocycles. The van der Waals surface area contributed by atoms with Gasteiger partial charge in [-0.1, -0.05) is 25.1 Å². The van der Waals surface area contributed by atoms with Gasteiger partial charge in [0.15, 0.2) is 6.10 Å². The fraction of sp³-hybridized carbons (Fsp3) is 0.381. The molecule has 0 radical (unpaired) electrons. The van der Waals surface area contributed by atoms with Crippen molar-refractivity contribution in [2.24, 2.45) is 0 Å². The summed E-state index contributed by atoms with van der Waals surface area (Å²) >= 11 is 0. The number of hydrogen-bond donors (Lipinski definition) is 1. The first-order chi connectivity index (χ1) is 13.4. The van der Waals surface area contributed by atoms with Gasteiger partial charge in [0.1, 0.15) is 5.75 Å². The highest BCUT2D eigenvalue weighted by Crippen LogP contribution is 2.23. The van der Waals surface area contributed by atoms with E-state index in [0.29, 0.717) is 30.9 Å². The van der Waals surface area contributed by atoms with E-state index in [-0.39, 0.29) is 10.8 Å². The molecule has 0 aliphatic carbocycles. The SMILES string of the molecule is CC[C@H](Oc1ccccc1C)C(=O)Nc1ccc(S(=O)(=O)N2CCCC2)cc1. The second-order valence-electron chi connectivity index (χ2n) is 6.91. The highest BCUT2D eigenvalue weighted by Gasteiger charge is 2.27. The zero-order valence-electron chi connectivity index (χ0n) is 16.2. The predicted molar refractivity (Wildman–Crippen MR) is 109 cm³/mol. The Kier molecular flexibility index (Phi) is 6.36. The lowest BCUT2D eigenvalue weighted by molar-refractivity contribution is -0.122. The molecule has 6 nitrogen and oxygen atoms in total. The minimum atomic E-state index is -3.45. The number of para-hydroxylation sites is 1. The maximum atomic E-state index is 12.6. The van der Waals surface area contributed by atoms with E-state index in [2.05, 4.69) is 5.32 Å². The van der Waals surface area contributed by atoms with Gasteiger partial charge in [0.25, 0.3) is 5.91 Å². The second kappa shape index (κ2) is 8.75. The Bertz CT molecular complexity index is 920. The molecule has 1 fully saturated rings. The first-order valence-electron chi connectivity index (χ1n) is 9.55. The molecule has 1 atom stereocenters. The zero-order chi connectivity index (χ0) is 20.1. The minimum Gasteiger partial charge on any atom is -0.480 e. The van der Waals surface area contributed by atoms with Crippen LogP contribution in [0, 0.1) is 6.92 Å². The molecule has 1 amide bonds. The molecule has 1 aliphatic heterocycles. The predicted octanol–water partition coefficient (Wildman–Crippen LogP) is 3.58. The third-order valence-corrected chi connectivity index (χ3v) is 6.76. The van der Waals surface area contributed by atoms with Crippen LogP contribution in [-0.4, -0.2) is 37.8 Å². The number of aryl methyl sites for hydroxylation is 1. The van der Waals surface area contributed by atoms with Crippen molar-refractivity contribution < 1.29 is 17.9 Å². The number of ether oxygens (including phenoxy) is 1. The molecule has 3 rings (SSSR count). The molecule has 1 saturated heterocycles. The lowest BCUT2D eigenvalue weighted by Crippen LogP contribution is -2.32. The first-order valence-corrected chi connectivity index (χ1v) is 11.0. The number of amides is 1. The van der Waals surface area contributed by atoms with Crippen LogP contribution in [0.4, 0.5) is 5.69 Å². The van der Waals surface area contributed by atoms with Gasteiger partial charge in [-0.05, 0) is 62.1 Å². The van der Waals surface area contributed by atoms with E-state index in [9.17, 15) is 13.2 Å². The van der Waals surface area contributed by atoms with Crippen molar-refractivity contribution in [2.45, 2.75) is 44.1 Å². The van der Waals surface area contributed by atoms with Gasteiger partial charge in [0, 0.05) is 18.8 Å². The van der Waals surface area contributed by atoms with Gasteiger partial charge in [-0.15, -0.1) is 0 Å². The van der Waals surface area contributed by atoms with Gasteiger partial charge >= 0.3 is 0 Å². The van der Waals surface area contributed by atoms with Crippen molar-refractivity contribution >= 4 is 21.6 Å². The first kappa shape index (κ1) is 20.4. The Balaban J connectivity index is 1.67. The van der Waals surface area contributed by atoms with Crippen LogP contribution >= 0.6 is 0 Å². The summed E-state index contributed by atoms with van der Waals surface area (Å²) in [5.41, 5.74) is 1.50. The van der Waals surface area contributed by atoms with Crippen molar-refractivity contribution in [1.29, 1.82) is 0 Å². The van der Waals surface area contributed by atoms with Gasteiger partial charge in [-0.2, -0.15) is 4.31 Å². The number of sulfonamides is 1. The summed E-state index contributed by atoms with van der Waals surface area (Å²) in [6.07, 6.45) is 1.68. The minimum absolute atomic E-state index is 0.246. The van der Waals surface area contributed by atoms with Crippen LogP contribution in [0.25, 0.3) is 0 Å². The third-order valence-electron chi connectivity index (χ3n) is 4.85. The molecule has 0 bridgehead atoms. The summed E-state index contributed by atoms with van der Waals surface area (Å²) in [4.78, 5) is 12.8. The number of nitrogens with one attached hydrogen (secondary N) is 1. The average Bonchev–Trinajstić information content (AvgIpc) is 3.23. The van der Waals surface area contributed by atoms with Crippen molar-refractivity contribution in [3.63, 3.8) is 0 Å². The number of nitrogens with zero attached hydrogens (tertiary/aromatic N) is 1. The zero-order valence-corrected chi connectivity index (χ0v) is 17.0. The lowest BCUT2D eigenvalue weighted by atomic mass is 10.2. The molecule has 150 valence electrons. The molecule has 28 heavy (non-hydrogen) atoms. The summed E-state index contributed by atoms with van der Waals surface area (Å²) in [5.74, 6) is 0.414. The quantitative estimate of drug-likeness (QED) is 0.768. The number of carbonyl (C=O) groups is 1. The van der Waals surface area contributed by atoms with Crippen LogP contribution in [0.5, 0.6) is 5.75 Å².